The second-order valence-electron chi connectivity index (χ2n) is 12.3. The predicted molar refractivity (Wildman–Crippen MR) is 187 cm³/mol. The maximum absolute atomic E-state index is 14.5. The van der Waals surface area contributed by atoms with E-state index in [1.54, 1.807) is 48.5 Å². The van der Waals surface area contributed by atoms with E-state index in [-0.39, 0.29) is 66.8 Å². The summed E-state index contributed by atoms with van der Waals surface area (Å²) in [5.74, 6) is 0.505. The van der Waals surface area contributed by atoms with Gasteiger partial charge in [-0.05, 0) is 60.1 Å². The summed E-state index contributed by atoms with van der Waals surface area (Å²) in [4.78, 5) is 11.6. The van der Waals surface area contributed by atoms with Crippen LogP contribution in [-0.2, 0) is 46.9 Å². The molecule has 1 aliphatic carbocycles. The molecule has 0 bridgehead atoms. The molecule has 1 saturated heterocycles. The second kappa shape index (κ2) is 17.0. The highest BCUT2D eigenvalue weighted by atomic mass is 32.2. The number of ether oxygens (including phenoxy) is 5. The van der Waals surface area contributed by atoms with Gasteiger partial charge in [-0.15, -0.1) is 0 Å². The maximum atomic E-state index is 14.5. The summed E-state index contributed by atoms with van der Waals surface area (Å²) in [6, 6.07) is 16.2. The Bertz CT molecular complexity index is 1800. The Morgan fingerprint density at radius 3 is 1.98 bits per heavy atom. The Morgan fingerprint density at radius 2 is 1.49 bits per heavy atom. The summed E-state index contributed by atoms with van der Waals surface area (Å²) < 4.78 is 87.0. The minimum atomic E-state index is -4.41. The Kier molecular flexibility index (Phi) is 12.8. The number of rotatable bonds is 18. The van der Waals surface area contributed by atoms with E-state index in [4.69, 9.17) is 23.7 Å². The topological polar surface area (TPSA) is 182 Å². The van der Waals surface area contributed by atoms with Crippen LogP contribution >= 0.6 is 0 Å². The molecule has 5 rings (SSSR count). The largest absolute Gasteiger partial charge is 0.497 e. The minimum absolute atomic E-state index is 0.00366. The highest BCUT2D eigenvalue weighted by molar-refractivity contribution is 7.89. The lowest BCUT2D eigenvalue weighted by molar-refractivity contribution is -0.384. The van der Waals surface area contributed by atoms with Gasteiger partial charge in [0, 0.05) is 31.8 Å². The van der Waals surface area contributed by atoms with Gasteiger partial charge in [0.05, 0.1) is 69.4 Å². The number of hydrogen-bond acceptors (Lipinski definition) is 13. The lowest BCUT2D eigenvalue weighted by Gasteiger charge is -2.36. The van der Waals surface area contributed by atoms with Gasteiger partial charge >= 0.3 is 0 Å². The maximum Gasteiger partial charge on any atom is 0.297 e. The van der Waals surface area contributed by atoms with E-state index in [2.05, 4.69) is 9.50 Å². The number of nitrogens with zero attached hydrogens (tertiary/aromatic N) is 2. The molecule has 1 heterocycles. The van der Waals surface area contributed by atoms with E-state index >= 15 is 0 Å². The Labute approximate surface area is 298 Å². The van der Waals surface area contributed by atoms with Crippen LogP contribution in [0.25, 0.3) is 0 Å². The number of sulfonamides is 1. The molecule has 3 aromatic rings. The monoisotopic (exact) mass is 749 g/mol. The molecule has 1 aliphatic heterocycles. The van der Waals surface area contributed by atoms with Gasteiger partial charge in [0.1, 0.15) is 11.5 Å². The fourth-order valence-electron chi connectivity index (χ4n) is 5.88. The van der Waals surface area contributed by atoms with Gasteiger partial charge in [-0.3, -0.25) is 14.3 Å². The molecule has 0 radical (unpaired) electrons. The van der Waals surface area contributed by atoms with Gasteiger partial charge in [-0.1, -0.05) is 24.3 Å². The van der Waals surface area contributed by atoms with Crippen molar-refractivity contribution in [2.45, 2.75) is 36.9 Å². The van der Waals surface area contributed by atoms with Crippen LogP contribution in [0.3, 0.4) is 0 Å². The van der Waals surface area contributed by atoms with Crippen LogP contribution in [0.15, 0.2) is 65.6 Å². The van der Waals surface area contributed by atoms with Crippen molar-refractivity contribution in [2.75, 3.05) is 65.4 Å². The number of hydrogen-bond donors (Lipinski definition) is 1. The first-order valence-corrected chi connectivity index (χ1v) is 19.4. The average molecular weight is 750 g/mol. The molecule has 1 saturated carbocycles. The second-order valence-corrected chi connectivity index (χ2v) is 16.0. The minimum Gasteiger partial charge on any atom is -0.497 e. The number of anilines is 1. The SMILES string of the molecule is COc1ccc(CN(Cc2ccc(OC)cc2)S(=O)(=O)c2cc(OC[C@H]3CC[C@@H]3CS(=O)(=O)OC)c(NC[C@H]3COCCO3)c([N+](=O)[O-])c2)cc1. The molecule has 0 amide bonds. The van der Waals surface area contributed by atoms with Crippen molar-refractivity contribution in [1.29, 1.82) is 0 Å². The Balaban J connectivity index is 1.51. The molecule has 1 N–H and O–H groups in total. The molecule has 0 spiro atoms. The molecule has 3 aromatic carbocycles. The highest BCUT2D eigenvalue weighted by Gasteiger charge is 2.36. The fraction of sp³-hybridized carbons (Fsp3) is 0.471. The molecule has 0 aromatic heterocycles. The average Bonchev–Trinajstić information content (AvgIpc) is 3.13. The first kappa shape index (κ1) is 38.2. The zero-order valence-electron chi connectivity index (χ0n) is 28.7. The first-order valence-electron chi connectivity index (χ1n) is 16.3. The van der Waals surface area contributed by atoms with Crippen molar-refractivity contribution in [3.63, 3.8) is 0 Å². The van der Waals surface area contributed by atoms with E-state index in [9.17, 15) is 26.9 Å². The number of nitro groups is 1. The zero-order valence-corrected chi connectivity index (χ0v) is 30.3. The Morgan fingerprint density at radius 1 is 0.882 bits per heavy atom. The van der Waals surface area contributed by atoms with Gasteiger partial charge in [-0.2, -0.15) is 12.7 Å². The van der Waals surface area contributed by atoms with Crippen LogP contribution in [0.5, 0.6) is 17.2 Å². The predicted octanol–water partition coefficient (Wildman–Crippen LogP) is 4.21. The van der Waals surface area contributed by atoms with Gasteiger partial charge in [0.25, 0.3) is 15.8 Å². The Hall–Kier alpha value is -4.00. The third kappa shape index (κ3) is 9.87. The summed E-state index contributed by atoms with van der Waals surface area (Å²) in [7, 11) is -3.96. The molecule has 15 nitrogen and oxygen atoms in total. The van der Waals surface area contributed by atoms with Crippen molar-refractivity contribution in [1.82, 2.24) is 4.31 Å². The van der Waals surface area contributed by atoms with Crippen molar-refractivity contribution in [2.24, 2.45) is 11.8 Å². The number of nitrogens with one attached hydrogen (secondary N) is 1. The number of benzene rings is 3. The van der Waals surface area contributed by atoms with E-state index < -0.39 is 36.9 Å². The lowest BCUT2D eigenvalue weighted by atomic mass is 9.75. The van der Waals surface area contributed by atoms with Crippen LogP contribution in [0.4, 0.5) is 11.4 Å². The van der Waals surface area contributed by atoms with Crippen LogP contribution in [0, 0.1) is 22.0 Å². The van der Waals surface area contributed by atoms with Crippen LogP contribution in [-0.4, -0.2) is 92.2 Å². The summed E-state index contributed by atoms with van der Waals surface area (Å²) in [5.41, 5.74) is 0.789. The molecule has 17 heteroatoms. The number of nitro benzene ring substituents is 1. The van der Waals surface area contributed by atoms with E-state index in [0.717, 1.165) is 13.2 Å². The quantitative estimate of drug-likeness (QED) is 0.111. The van der Waals surface area contributed by atoms with Gasteiger partial charge in [0.15, 0.2) is 11.4 Å². The number of methoxy groups -OCH3 is 2. The highest BCUT2D eigenvalue weighted by Crippen LogP contribution is 2.41. The van der Waals surface area contributed by atoms with Gasteiger partial charge < -0.3 is 29.0 Å². The lowest BCUT2D eigenvalue weighted by Crippen LogP contribution is -2.36. The van der Waals surface area contributed by atoms with E-state index in [1.807, 2.05) is 0 Å². The smallest absolute Gasteiger partial charge is 0.297 e. The molecule has 2 aliphatic rings. The molecule has 0 unspecified atom stereocenters. The summed E-state index contributed by atoms with van der Waals surface area (Å²) in [6.45, 7) is 1.08. The third-order valence-electron chi connectivity index (χ3n) is 9.02. The van der Waals surface area contributed by atoms with Crippen LogP contribution in [0.1, 0.15) is 24.0 Å². The molecule has 2 fully saturated rings. The van der Waals surface area contributed by atoms with Crippen LogP contribution in [0.2, 0.25) is 0 Å². The standard InChI is InChI=1S/C34H43N3O12S2/c1-44-28-10-4-24(5-11-28)19-36(20-25-6-12-29(45-2)13-7-25)51(42,43)31-16-32(37(38)39)34(35-18-30-22-47-14-15-48-30)33(17-31)49-21-26-8-9-27(26)23-50(40,41)46-3/h4-7,10-13,16-17,26-27,30,35H,8-9,14-15,18-23H2,1-3H3/t26-,27-,30+/m1/s1. The molecule has 51 heavy (non-hydrogen) atoms. The van der Waals surface area contributed by atoms with Crippen molar-refractivity contribution in [3.05, 3.63) is 81.9 Å². The fourth-order valence-corrected chi connectivity index (χ4v) is 8.43. The summed E-state index contributed by atoms with van der Waals surface area (Å²) in [5, 5.41) is 15.6. The molecular weight excluding hydrogens is 707 g/mol. The van der Waals surface area contributed by atoms with Crippen LogP contribution < -0.4 is 19.5 Å². The zero-order chi connectivity index (χ0) is 36.6. The van der Waals surface area contributed by atoms with Gasteiger partial charge in [-0.25, -0.2) is 8.42 Å². The summed E-state index contributed by atoms with van der Waals surface area (Å²) >= 11 is 0. The summed E-state index contributed by atoms with van der Waals surface area (Å²) in [6.07, 6.45) is 0.896. The van der Waals surface area contributed by atoms with Crippen molar-refractivity contribution in [3.8, 4) is 17.2 Å². The normalized spacial score (nSPS) is 19.3. The third-order valence-corrected chi connectivity index (χ3v) is 12.1. The molecule has 3 atom stereocenters. The first-order chi connectivity index (χ1) is 24.4. The van der Waals surface area contributed by atoms with Gasteiger partial charge in [0.2, 0.25) is 10.0 Å². The van der Waals surface area contributed by atoms with E-state index in [0.29, 0.717) is 48.7 Å². The molecular formula is C34H43N3O12S2. The molecule has 278 valence electrons. The van der Waals surface area contributed by atoms with Crippen molar-refractivity contribution >= 4 is 31.5 Å². The van der Waals surface area contributed by atoms with E-state index in [1.165, 1.54) is 24.6 Å². The van der Waals surface area contributed by atoms with Crippen molar-refractivity contribution < 1.29 is 49.6 Å².